The first kappa shape index (κ1) is 83.6. The van der Waals surface area contributed by atoms with Gasteiger partial charge in [0.05, 0.1) is 26.2 Å². The van der Waals surface area contributed by atoms with E-state index < -0.39 is 35.7 Å². The van der Waals surface area contributed by atoms with E-state index in [0.717, 1.165) is 83.0 Å². The van der Waals surface area contributed by atoms with Crippen molar-refractivity contribution in [2.75, 3.05) is 80.5 Å². The number of hydrogen-bond acceptors (Lipinski definition) is 14. The minimum Gasteiger partial charge on any atom is -0.398 e. The van der Waals surface area contributed by atoms with E-state index in [0.29, 0.717) is 26.2 Å². The second kappa shape index (κ2) is 57.7. The summed E-state index contributed by atoms with van der Waals surface area (Å²) in [6.45, 7) is 10.6. The van der Waals surface area contributed by atoms with Crippen LogP contribution in [0.1, 0.15) is 310 Å². The molecule has 0 saturated heterocycles. The Bertz CT molecular complexity index is 1350. The number of hydrogen-bond donors (Lipinski definition) is 0. The van der Waals surface area contributed by atoms with E-state index in [9.17, 15) is 19.2 Å². The van der Waals surface area contributed by atoms with E-state index >= 15 is 0 Å². The minimum atomic E-state index is -2.84. The predicted octanol–water partition coefficient (Wildman–Crippen LogP) is 19.3. The summed E-state index contributed by atoms with van der Waals surface area (Å²) in [5.74, 6) is -8.98. The van der Waals surface area contributed by atoms with E-state index in [2.05, 4.69) is 92.3 Å². The van der Waals surface area contributed by atoms with Crippen molar-refractivity contribution in [3.8, 4) is 0 Å². The van der Waals surface area contributed by atoms with Crippen LogP contribution in [-0.4, -0.2) is 142 Å². The molecular weight excluding hydrogens is 1320 g/mol. The van der Waals surface area contributed by atoms with E-state index in [4.69, 9.17) is 18.9 Å². The first-order chi connectivity index (χ1) is 40.5. The molecule has 0 aliphatic rings. The summed E-state index contributed by atoms with van der Waals surface area (Å²) in [6, 6.07) is 0. The largest absolute Gasteiger partial charge is 0.440 e. The molecule has 18 heteroatoms. The van der Waals surface area contributed by atoms with Gasteiger partial charge in [0.15, 0.2) is 0 Å². The van der Waals surface area contributed by atoms with E-state index in [1.807, 2.05) is 47.8 Å². The molecule has 0 aliphatic carbocycles. The van der Waals surface area contributed by atoms with Gasteiger partial charge >= 0.3 is 35.7 Å². The minimum absolute atomic E-state index is 0.213. The Morgan fingerprint density at radius 3 is 0.512 bits per heavy atom. The molecule has 0 saturated carbocycles. The number of carbonyl (C=O) groups excluding carboxylic acids is 4. The maximum Gasteiger partial charge on any atom is 0.440 e. The number of carbonyl (C=O) groups is 4. The Morgan fingerprint density at radius 1 is 0.250 bits per heavy atom. The summed E-state index contributed by atoms with van der Waals surface area (Å²) >= 11 is 13.6. The number of likely N-dealkylation sites (N-methyl/N-ethyl adjacent to an activating group) is 4. The molecule has 0 aliphatic heterocycles. The Kier molecular flexibility index (Phi) is 57.4. The number of esters is 4. The van der Waals surface area contributed by atoms with Crippen LogP contribution >= 0.6 is 64.6 Å². The van der Waals surface area contributed by atoms with E-state index in [1.165, 1.54) is 205 Å². The zero-order valence-corrected chi connectivity index (χ0v) is 61.6. The Morgan fingerprint density at radius 2 is 0.381 bits per heavy atom. The van der Waals surface area contributed by atoms with Crippen LogP contribution in [-0.2, 0) is 38.1 Å². The van der Waals surface area contributed by atoms with Gasteiger partial charge in [0.1, 0.15) is 0 Å². The van der Waals surface area contributed by atoms with E-state index in [-0.39, 0.29) is 26.2 Å². The van der Waals surface area contributed by atoms with Gasteiger partial charge in [-0.25, -0.2) is 0 Å². The van der Waals surface area contributed by atoms with Crippen molar-refractivity contribution >= 4 is 88.5 Å². The number of unbranched alkanes of at least 4 members (excludes halogenated alkanes) is 40. The summed E-state index contributed by atoms with van der Waals surface area (Å²) < 4.78 is 27.3. The molecule has 0 N–H and O–H groups in total. The van der Waals surface area contributed by atoms with Gasteiger partial charge in [-0.2, -0.15) is 0 Å². The van der Waals surface area contributed by atoms with Crippen molar-refractivity contribution in [1.82, 2.24) is 25.5 Å². The lowest BCUT2D eigenvalue weighted by atomic mass is 10.1. The van der Waals surface area contributed by atoms with Crippen molar-refractivity contribution in [2.45, 2.75) is 322 Å². The molecule has 0 unspecified atom stereocenters. The van der Waals surface area contributed by atoms with Crippen molar-refractivity contribution in [1.29, 1.82) is 0 Å². The summed E-state index contributed by atoms with van der Waals surface area (Å²) in [7, 11) is 7.33. The number of rotatable bonds is 63. The molecule has 0 atom stereocenters. The van der Waals surface area contributed by atoms with Gasteiger partial charge in [-0.3, -0.25) is 38.8 Å². The number of halogens is 4. The molecule has 0 aromatic rings. The van der Waals surface area contributed by atoms with Crippen molar-refractivity contribution in [3.63, 3.8) is 0 Å². The maximum absolute atomic E-state index is 14.5. The fraction of sp³-hybridized carbons (Fsp3) is 0.939. The standard InChI is InChI=1S/C66H128Br4N6O8/c1-9-13-17-21-25-29-33-37-41-45-49-53-71(5)57-61(77)81-65(75(67)68,82-62(78)58-72(6)54-50-46-42-38-34-30-26-22-18-14-10-2)66(76(69)70,83-63(79)59-73(7)55-51-47-43-39-35-31-27-23-19-15-11-3)84-64(80)60-74(8)56-52-48-44-40-36-32-28-24-20-16-12-4/h9-60H2,1-8H3. The van der Waals surface area contributed by atoms with Gasteiger partial charge in [-0.1, -0.05) is 290 Å². The lowest BCUT2D eigenvalue weighted by Gasteiger charge is -2.47. The highest BCUT2D eigenvalue weighted by molar-refractivity contribution is 9.21. The second-order valence-corrected chi connectivity index (χ2v) is 29.4. The highest BCUT2D eigenvalue weighted by Gasteiger charge is 2.73. The molecule has 0 aromatic carbocycles. The lowest BCUT2D eigenvalue weighted by Crippen LogP contribution is -2.72. The quantitative estimate of drug-likeness (QED) is 0.0248. The highest BCUT2D eigenvalue weighted by atomic mass is 79.9. The molecule has 14 nitrogen and oxygen atoms in total. The van der Waals surface area contributed by atoms with Crippen LogP contribution in [0.3, 0.4) is 0 Å². The monoisotopic (exact) mass is 1450 g/mol. The van der Waals surface area contributed by atoms with E-state index in [1.54, 1.807) is 0 Å². The number of ether oxygens (including phenoxy) is 4. The van der Waals surface area contributed by atoms with Gasteiger partial charge in [-0.05, 0) is 80.1 Å². The Labute approximate surface area is 550 Å². The lowest BCUT2D eigenvalue weighted by molar-refractivity contribution is -0.400. The smallest absolute Gasteiger partial charge is 0.398 e. The van der Waals surface area contributed by atoms with Crippen LogP contribution in [0.15, 0.2) is 0 Å². The van der Waals surface area contributed by atoms with Crippen LogP contribution in [0.5, 0.6) is 0 Å². The van der Waals surface area contributed by atoms with Gasteiger partial charge in [0.25, 0.3) is 0 Å². The van der Waals surface area contributed by atoms with Crippen LogP contribution in [0.4, 0.5) is 0 Å². The molecule has 84 heavy (non-hydrogen) atoms. The highest BCUT2D eigenvalue weighted by Crippen LogP contribution is 2.46. The second-order valence-electron chi connectivity index (χ2n) is 24.6. The summed E-state index contributed by atoms with van der Waals surface area (Å²) in [4.78, 5) is 65.4. The third kappa shape index (κ3) is 44.9. The van der Waals surface area contributed by atoms with Gasteiger partial charge in [0.2, 0.25) is 0 Å². The van der Waals surface area contributed by atoms with Crippen molar-refractivity contribution in [3.05, 3.63) is 0 Å². The van der Waals surface area contributed by atoms with Crippen molar-refractivity contribution < 1.29 is 38.1 Å². The molecule has 0 radical (unpaired) electrons. The molecule has 498 valence electrons. The third-order valence-electron chi connectivity index (χ3n) is 16.0. The summed E-state index contributed by atoms with van der Waals surface area (Å²) in [6.07, 6.45) is 53.0. The van der Waals surface area contributed by atoms with Gasteiger partial charge in [0, 0.05) is 64.6 Å². The molecule has 0 rings (SSSR count). The van der Waals surface area contributed by atoms with Crippen LogP contribution in [0.25, 0.3) is 0 Å². The van der Waals surface area contributed by atoms with Crippen LogP contribution in [0.2, 0.25) is 0 Å². The molecule has 0 spiro atoms. The zero-order chi connectivity index (χ0) is 62.4. The topological polar surface area (TPSA) is 125 Å². The maximum atomic E-state index is 14.5. The molecule has 0 heterocycles. The fourth-order valence-electron chi connectivity index (χ4n) is 10.8. The first-order valence-electron chi connectivity index (χ1n) is 34.4. The molecule has 0 bridgehead atoms. The number of nitrogens with zero attached hydrogens (tertiary/aromatic N) is 6. The normalized spacial score (nSPS) is 12.3. The summed E-state index contributed by atoms with van der Waals surface area (Å²) in [5, 5.41) is 0. The van der Waals surface area contributed by atoms with Gasteiger partial charge < -0.3 is 18.9 Å². The molecule has 0 aromatic heterocycles. The molecular formula is C66H128Br4N6O8. The van der Waals surface area contributed by atoms with Gasteiger partial charge in [-0.15, -0.1) is 0 Å². The van der Waals surface area contributed by atoms with Crippen molar-refractivity contribution in [2.24, 2.45) is 0 Å². The predicted molar refractivity (Wildman–Crippen MR) is 365 cm³/mol. The van der Waals surface area contributed by atoms with Crippen LogP contribution < -0.4 is 0 Å². The average Bonchev–Trinajstić information content (AvgIpc) is 2.71. The SMILES string of the molecule is CCCCCCCCCCCCCN(C)CC(=O)OC(OC(=O)CN(C)CCCCCCCCCCCCC)(N(Br)Br)C(OC(=O)CN(C)CCCCCCCCCCCCC)(OC(=O)CN(C)CCCCCCCCCCCCC)N(Br)Br. The average molecular weight is 1450 g/mol. The first-order valence-corrected chi connectivity index (χ1v) is 37.2. The zero-order valence-electron chi connectivity index (χ0n) is 55.2. The fourth-order valence-corrected chi connectivity index (χ4v) is 12.3. The molecule has 0 fully saturated rings. The summed E-state index contributed by atoms with van der Waals surface area (Å²) in [5.41, 5.74) is 0. The Hall–Kier alpha value is -0.440. The Balaban J connectivity index is 6.61. The van der Waals surface area contributed by atoms with Crippen LogP contribution in [0, 0.1) is 0 Å². The third-order valence-corrected chi connectivity index (χ3v) is 17.9. The molecule has 0 amide bonds.